The first-order chi connectivity index (χ1) is 15.0. The van der Waals surface area contributed by atoms with Crippen LogP contribution >= 0.6 is 11.8 Å². The van der Waals surface area contributed by atoms with Crippen LogP contribution in [0.2, 0.25) is 0 Å². The van der Waals surface area contributed by atoms with Gasteiger partial charge in [-0.05, 0) is 30.3 Å². The van der Waals surface area contributed by atoms with Crippen molar-refractivity contribution in [2.75, 3.05) is 25.7 Å². The quantitative estimate of drug-likeness (QED) is 0.389. The predicted molar refractivity (Wildman–Crippen MR) is 120 cm³/mol. The number of rotatable bonds is 6. The van der Waals surface area contributed by atoms with Gasteiger partial charge in [-0.2, -0.15) is 10.2 Å². The maximum absolute atomic E-state index is 9.48. The summed E-state index contributed by atoms with van der Waals surface area (Å²) in [4.78, 5) is 16.0. The Morgan fingerprint density at radius 3 is 2.65 bits per heavy atom. The van der Waals surface area contributed by atoms with E-state index in [1.165, 1.54) is 11.8 Å². The fourth-order valence-corrected chi connectivity index (χ4v) is 4.02. The number of ether oxygens (including phenoxy) is 2. The van der Waals surface area contributed by atoms with Crippen molar-refractivity contribution in [1.29, 1.82) is 5.26 Å². The summed E-state index contributed by atoms with van der Waals surface area (Å²) in [6.45, 7) is 0. The summed E-state index contributed by atoms with van der Waals surface area (Å²) in [5.74, 6) is 2.11. The van der Waals surface area contributed by atoms with Gasteiger partial charge in [-0.3, -0.25) is 0 Å². The third kappa shape index (κ3) is 4.04. The number of hydrogen-bond donors (Lipinski definition) is 3. The van der Waals surface area contributed by atoms with Crippen molar-refractivity contribution in [3.63, 3.8) is 0 Å². The fraction of sp³-hybridized carbons (Fsp3) is 0.143. The highest BCUT2D eigenvalue weighted by molar-refractivity contribution is 7.98. The van der Waals surface area contributed by atoms with E-state index in [4.69, 9.17) is 20.9 Å². The molecule has 0 aliphatic carbocycles. The largest absolute Gasteiger partial charge is 0.497 e. The predicted octanol–water partition coefficient (Wildman–Crippen LogP) is 3.37. The first-order valence-electron chi connectivity index (χ1n) is 9.19. The number of hydrogen-bond acceptors (Lipinski definition) is 9. The number of nitriles is 1. The van der Waals surface area contributed by atoms with E-state index in [0.717, 1.165) is 27.5 Å². The second kappa shape index (κ2) is 8.41. The highest BCUT2D eigenvalue weighted by atomic mass is 32.2. The van der Waals surface area contributed by atoms with Crippen LogP contribution in [0.5, 0.6) is 11.5 Å². The van der Waals surface area contributed by atoms with E-state index in [-0.39, 0.29) is 17.3 Å². The SMILES string of the molecule is COc1ccc2nc(SCc3cc(-c4nc(N)nc(N)c4C#N)ccc3OC)[nH]c2c1. The molecule has 0 saturated carbocycles. The highest BCUT2D eigenvalue weighted by Gasteiger charge is 2.16. The van der Waals surface area contributed by atoms with Crippen molar-refractivity contribution >= 4 is 34.6 Å². The van der Waals surface area contributed by atoms with Crippen LogP contribution in [-0.2, 0) is 5.75 Å². The molecule has 31 heavy (non-hydrogen) atoms. The van der Waals surface area contributed by atoms with Gasteiger partial charge in [0.2, 0.25) is 5.95 Å². The minimum atomic E-state index is 0.0101. The summed E-state index contributed by atoms with van der Waals surface area (Å²) in [6.07, 6.45) is 0. The molecule has 2 heterocycles. The van der Waals surface area contributed by atoms with Crippen LogP contribution in [0.15, 0.2) is 41.6 Å². The molecular weight excluding hydrogens is 414 g/mol. The Bertz CT molecular complexity index is 1310. The molecule has 0 spiro atoms. The van der Waals surface area contributed by atoms with E-state index >= 15 is 0 Å². The van der Waals surface area contributed by atoms with Gasteiger partial charge in [-0.1, -0.05) is 11.8 Å². The van der Waals surface area contributed by atoms with Crippen LogP contribution in [0.25, 0.3) is 22.3 Å². The lowest BCUT2D eigenvalue weighted by atomic mass is 10.0. The first-order valence-corrected chi connectivity index (χ1v) is 10.2. The summed E-state index contributed by atoms with van der Waals surface area (Å²) >= 11 is 1.53. The van der Waals surface area contributed by atoms with Crippen LogP contribution in [0.1, 0.15) is 11.1 Å². The molecule has 4 rings (SSSR count). The summed E-state index contributed by atoms with van der Waals surface area (Å²) in [6, 6.07) is 13.3. The number of nitrogen functional groups attached to an aromatic ring is 2. The van der Waals surface area contributed by atoms with Gasteiger partial charge in [0.15, 0.2) is 5.16 Å². The van der Waals surface area contributed by atoms with Gasteiger partial charge in [0.25, 0.3) is 0 Å². The number of aromatic nitrogens is 4. The average molecular weight is 433 g/mol. The topological polar surface area (TPSA) is 149 Å². The zero-order chi connectivity index (χ0) is 22.0. The van der Waals surface area contributed by atoms with Crippen molar-refractivity contribution in [3.8, 4) is 28.8 Å². The molecule has 4 aromatic rings. The van der Waals surface area contributed by atoms with Gasteiger partial charge in [-0.15, -0.1) is 0 Å². The summed E-state index contributed by atoms with van der Waals surface area (Å²) in [5.41, 5.74) is 15.5. The molecule has 2 aromatic heterocycles. The molecule has 10 heteroatoms. The van der Waals surface area contributed by atoms with Gasteiger partial charge < -0.3 is 25.9 Å². The minimum absolute atomic E-state index is 0.0101. The number of methoxy groups -OCH3 is 2. The molecular formula is C21H19N7O2S. The van der Waals surface area contributed by atoms with Crippen molar-refractivity contribution < 1.29 is 9.47 Å². The van der Waals surface area contributed by atoms with E-state index < -0.39 is 0 Å². The zero-order valence-corrected chi connectivity index (χ0v) is 17.7. The van der Waals surface area contributed by atoms with Gasteiger partial charge in [0, 0.05) is 22.9 Å². The number of thioether (sulfide) groups is 1. The Morgan fingerprint density at radius 2 is 1.90 bits per heavy atom. The number of fused-ring (bicyclic) bond motifs is 1. The van der Waals surface area contributed by atoms with Gasteiger partial charge >= 0.3 is 0 Å². The van der Waals surface area contributed by atoms with E-state index in [0.29, 0.717) is 22.8 Å². The molecule has 0 atom stereocenters. The molecule has 9 nitrogen and oxygen atoms in total. The van der Waals surface area contributed by atoms with Crippen LogP contribution in [0, 0.1) is 11.3 Å². The van der Waals surface area contributed by atoms with E-state index in [1.54, 1.807) is 14.2 Å². The monoisotopic (exact) mass is 433 g/mol. The summed E-state index contributed by atoms with van der Waals surface area (Å²) in [7, 11) is 3.24. The van der Waals surface area contributed by atoms with E-state index in [9.17, 15) is 5.26 Å². The molecule has 2 aromatic carbocycles. The molecule has 5 N–H and O–H groups in total. The number of nitrogens with zero attached hydrogens (tertiary/aromatic N) is 4. The normalized spacial score (nSPS) is 10.7. The zero-order valence-electron chi connectivity index (χ0n) is 16.8. The molecule has 0 saturated heterocycles. The van der Waals surface area contributed by atoms with Crippen molar-refractivity contribution in [2.24, 2.45) is 0 Å². The molecule has 0 aliphatic rings. The smallest absolute Gasteiger partial charge is 0.222 e. The summed E-state index contributed by atoms with van der Waals surface area (Å²) < 4.78 is 10.8. The minimum Gasteiger partial charge on any atom is -0.497 e. The fourth-order valence-electron chi connectivity index (χ4n) is 3.16. The van der Waals surface area contributed by atoms with Crippen LogP contribution in [-0.4, -0.2) is 34.2 Å². The van der Waals surface area contributed by atoms with Gasteiger partial charge in [-0.25, -0.2) is 9.97 Å². The average Bonchev–Trinajstić information content (AvgIpc) is 3.19. The Hall–Kier alpha value is -3.97. The van der Waals surface area contributed by atoms with Gasteiger partial charge in [0.1, 0.15) is 28.9 Å². The molecule has 0 amide bonds. The second-order valence-electron chi connectivity index (χ2n) is 6.54. The Balaban J connectivity index is 1.66. The van der Waals surface area contributed by atoms with Crippen LogP contribution < -0.4 is 20.9 Å². The molecule has 0 radical (unpaired) electrons. The third-order valence-corrected chi connectivity index (χ3v) is 5.57. The number of nitrogens with one attached hydrogen (secondary N) is 1. The Kier molecular flexibility index (Phi) is 5.51. The van der Waals surface area contributed by atoms with Crippen LogP contribution in [0.3, 0.4) is 0 Å². The standard InChI is InChI=1S/C21H19N7O2S/c1-29-13-4-5-15-16(8-13)26-21(25-15)31-10-12-7-11(3-6-17(12)30-2)18-14(9-22)19(23)28-20(24)27-18/h3-8H,10H2,1-2H3,(H,25,26)(H4,23,24,27,28). The Labute approximate surface area is 182 Å². The summed E-state index contributed by atoms with van der Waals surface area (Å²) in [5, 5.41) is 10.2. The van der Waals surface area contributed by atoms with Crippen molar-refractivity contribution in [2.45, 2.75) is 10.9 Å². The lowest BCUT2D eigenvalue weighted by Gasteiger charge is -2.11. The maximum atomic E-state index is 9.48. The van der Waals surface area contributed by atoms with Crippen LogP contribution in [0.4, 0.5) is 11.8 Å². The molecule has 0 fully saturated rings. The molecule has 156 valence electrons. The number of nitrogens with two attached hydrogens (primary N) is 2. The van der Waals surface area contributed by atoms with E-state index in [1.807, 2.05) is 36.4 Å². The third-order valence-electron chi connectivity index (χ3n) is 4.65. The first kappa shape index (κ1) is 20.3. The van der Waals surface area contributed by atoms with Crippen molar-refractivity contribution in [1.82, 2.24) is 19.9 Å². The number of benzene rings is 2. The lowest BCUT2D eigenvalue weighted by Crippen LogP contribution is -2.05. The number of H-pyrrole nitrogens is 1. The number of aromatic amines is 1. The second-order valence-corrected chi connectivity index (χ2v) is 7.51. The molecule has 0 bridgehead atoms. The van der Waals surface area contributed by atoms with Crippen molar-refractivity contribution in [3.05, 3.63) is 47.5 Å². The number of anilines is 2. The van der Waals surface area contributed by atoms with Gasteiger partial charge in [0.05, 0.1) is 30.9 Å². The van der Waals surface area contributed by atoms with E-state index in [2.05, 4.69) is 26.0 Å². The Morgan fingerprint density at radius 1 is 1.06 bits per heavy atom. The highest BCUT2D eigenvalue weighted by Crippen LogP contribution is 2.33. The number of imidazole rings is 1. The molecule has 0 unspecified atom stereocenters. The lowest BCUT2D eigenvalue weighted by molar-refractivity contribution is 0.411. The maximum Gasteiger partial charge on any atom is 0.222 e. The molecule has 0 aliphatic heterocycles.